The molecule has 0 fully saturated rings. The molecule has 5 heteroatoms. The van der Waals surface area contributed by atoms with Gasteiger partial charge in [0.25, 0.3) is 0 Å². The number of aromatic nitrogens is 2. The highest BCUT2D eigenvalue weighted by molar-refractivity contribution is 6.33. The predicted molar refractivity (Wildman–Crippen MR) is 85.9 cm³/mol. The summed E-state index contributed by atoms with van der Waals surface area (Å²) in [6.07, 6.45) is 1.77. The molecule has 1 aromatic heterocycles. The summed E-state index contributed by atoms with van der Waals surface area (Å²) >= 11 is 6.12. The van der Waals surface area contributed by atoms with E-state index in [1.807, 2.05) is 4.57 Å². The van der Waals surface area contributed by atoms with Gasteiger partial charge in [-0.15, -0.1) is 6.58 Å². The van der Waals surface area contributed by atoms with E-state index in [0.29, 0.717) is 28.6 Å². The number of benzene rings is 1. The van der Waals surface area contributed by atoms with Gasteiger partial charge in [-0.3, -0.25) is 0 Å². The molecule has 0 atom stereocenters. The van der Waals surface area contributed by atoms with Crippen LogP contribution in [0.5, 0.6) is 0 Å². The minimum absolute atomic E-state index is 0.179. The van der Waals surface area contributed by atoms with Crippen molar-refractivity contribution < 1.29 is 4.39 Å². The van der Waals surface area contributed by atoms with Crippen LogP contribution in [0.4, 0.5) is 10.2 Å². The monoisotopic (exact) mass is 307 g/mol. The van der Waals surface area contributed by atoms with Gasteiger partial charge in [-0.05, 0) is 18.2 Å². The van der Waals surface area contributed by atoms with Crippen molar-refractivity contribution in [3.05, 3.63) is 47.5 Å². The second-order valence-electron chi connectivity index (χ2n) is 5.94. The van der Waals surface area contributed by atoms with Gasteiger partial charge in [-0.25, -0.2) is 9.37 Å². The molecule has 0 aliphatic rings. The average molecular weight is 308 g/mol. The third kappa shape index (κ3) is 2.95. The summed E-state index contributed by atoms with van der Waals surface area (Å²) in [5.41, 5.74) is 7.25. The van der Waals surface area contributed by atoms with E-state index in [0.717, 1.165) is 5.82 Å². The third-order valence-corrected chi connectivity index (χ3v) is 3.49. The minimum atomic E-state index is -0.385. The van der Waals surface area contributed by atoms with Crippen molar-refractivity contribution in [2.24, 2.45) is 0 Å². The molecule has 1 heterocycles. The largest absolute Gasteiger partial charge is 0.383 e. The van der Waals surface area contributed by atoms with E-state index in [2.05, 4.69) is 32.3 Å². The van der Waals surface area contributed by atoms with E-state index in [1.54, 1.807) is 12.1 Å². The Balaban J connectivity index is 2.67. The highest BCUT2D eigenvalue weighted by Crippen LogP contribution is 2.35. The predicted octanol–water partition coefficient (Wildman–Crippen LogP) is 4.41. The van der Waals surface area contributed by atoms with E-state index >= 15 is 0 Å². The van der Waals surface area contributed by atoms with Gasteiger partial charge in [-0.1, -0.05) is 38.4 Å². The summed E-state index contributed by atoms with van der Waals surface area (Å²) in [7, 11) is 0. The zero-order valence-corrected chi connectivity index (χ0v) is 13.2. The number of hydrogen-bond donors (Lipinski definition) is 1. The van der Waals surface area contributed by atoms with Gasteiger partial charge < -0.3 is 10.3 Å². The maximum Gasteiger partial charge on any atom is 0.132 e. The zero-order valence-electron chi connectivity index (χ0n) is 12.5. The number of halogens is 2. The van der Waals surface area contributed by atoms with Crippen molar-refractivity contribution in [2.75, 3.05) is 5.73 Å². The SMILES string of the molecule is C=CCn1c(C(C)(C)C)nc(-c2ccc(F)cc2Cl)c1N. The van der Waals surface area contributed by atoms with Gasteiger partial charge in [0.05, 0.1) is 5.02 Å². The first-order valence-electron chi connectivity index (χ1n) is 6.68. The molecule has 0 saturated carbocycles. The van der Waals surface area contributed by atoms with Crippen LogP contribution in [-0.2, 0) is 12.0 Å². The molecule has 0 spiro atoms. The normalized spacial score (nSPS) is 11.7. The van der Waals surface area contributed by atoms with E-state index in [-0.39, 0.29) is 11.2 Å². The lowest BCUT2D eigenvalue weighted by molar-refractivity contribution is 0.515. The topological polar surface area (TPSA) is 43.8 Å². The van der Waals surface area contributed by atoms with Gasteiger partial charge in [0.15, 0.2) is 0 Å². The number of anilines is 1. The molecule has 0 saturated heterocycles. The highest BCUT2D eigenvalue weighted by atomic mass is 35.5. The lowest BCUT2D eigenvalue weighted by Gasteiger charge is -2.19. The Morgan fingerprint density at radius 2 is 2.10 bits per heavy atom. The van der Waals surface area contributed by atoms with Gasteiger partial charge >= 0.3 is 0 Å². The highest BCUT2D eigenvalue weighted by Gasteiger charge is 2.25. The van der Waals surface area contributed by atoms with Crippen LogP contribution in [0.2, 0.25) is 5.02 Å². The molecule has 0 amide bonds. The lowest BCUT2D eigenvalue weighted by Crippen LogP contribution is -2.19. The Kier molecular flexibility index (Phi) is 4.10. The number of nitrogens with zero attached hydrogens (tertiary/aromatic N) is 2. The van der Waals surface area contributed by atoms with E-state index in [1.165, 1.54) is 12.1 Å². The van der Waals surface area contributed by atoms with Crippen molar-refractivity contribution in [1.82, 2.24) is 9.55 Å². The van der Waals surface area contributed by atoms with Crippen molar-refractivity contribution >= 4 is 17.4 Å². The molecular weight excluding hydrogens is 289 g/mol. The molecule has 112 valence electrons. The molecular formula is C16H19ClFN3. The number of nitrogen functional groups attached to an aromatic ring is 1. The molecule has 2 rings (SSSR count). The first-order valence-corrected chi connectivity index (χ1v) is 7.06. The molecule has 3 nitrogen and oxygen atoms in total. The van der Waals surface area contributed by atoms with Crippen LogP contribution < -0.4 is 5.73 Å². The summed E-state index contributed by atoms with van der Waals surface area (Å²) in [5, 5.41) is 0.297. The molecule has 0 unspecified atom stereocenters. The summed E-state index contributed by atoms with van der Waals surface area (Å²) in [5.74, 6) is 0.965. The molecule has 0 bridgehead atoms. The van der Waals surface area contributed by atoms with Gasteiger partial charge in [0.1, 0.15) is 23.2 Å². The molecule has 0 aliphatic carbocycles. The third-order valence-electron chi connectivity index (χ3n) is 3.18. The minimum Gasteiger partial charge on any atom is -0.383 e. The second-order valence-corrected chi connectivity index (χ2v) is 6.35. The summed E-state index contributed by atoms with van der Waals surface area (Å²) in [4.78, 5) is 4.64. The molecule has 0 radical (unpaired) electrons. The fraction of sp³-hybridized carbons (Fsp3) is 0.312. The Hall–Kier alpha value is -1.81. The smallest absolute Gasteiger partial charge is 0.132 e. The fourth-order valence-corrected chi connectivity index (χ4v) is 2.49. The van der Waals surface area contributed by atoms with E-state index in [4.69, 9.17) is 17.3 Å². The number of rotatable bonds is 3. The van der Waals surface area contributed by atoms with Crippen molar-refractivity contribution in [3.63, 3.8) is 0 Å². The Labute approximate surface area is 129 Å². The second kappa shape index (κ2) is 5.53. The van der Waals surface area contributed by atoms with Crippen LogP contribution in [0.1, 0.15) is 26.6 Å². The Morgan fingerprint density at radius 3 is 2.62 bits per heavy atom. The van der Waals surface area contributed by atoms with E-state index in [9.17, 15) is 4.39 Å². The van der Waals surface area contributed by atoms with Crippen LogP contribution in [0.25, 0.3) is 11.3 Å². The standard InChI is InChI=1S/C16H19ClFN3/c1-5-8-21-14(19)13(20-15(21)16(2,3)4)11-7-6-10(18)9-12(11)17/h5-7,9H,1,8,19H2,2-4H3. The number of nitrogens with two attached hydrogens (primary N) is 1. The summed E-state index contributed by atoms with van der Waals surface area (Å²) in [6.45, 7) is 10.5. The first kappa shape index (κ1) is 15.6. The molecule has 2 N–H and O–H groups in total. The van der Waals surface area contributed by atoms with Crippen LogP contribution in [-0.4, -0.2) is 9.55 Å². The fourth-order valence-electron chi connectivity index (χ4n) is 2.23. The van der Waals surface area contributed by atoms with Crippen molar-refractivity contribution in [2.45, 2.75) is 32.7 Å². The quantitative estimate of drug-likeness (QED) is 0.854. The number of allylic oxidation sites excluding steroid dienone is 1. The summed E-state index contributed by atoms with van der Waals surface area (Å²) < 4.78 is 15.1. The van der Waals surface area contributed by atoms with Crippen molar-refractivity contribution in [1.29, 1.82) is 0 Å². The van der Waals surface area contributed by atoms with Crippen LogP contribution >= 0.6 is 11.6 Å². The Bertz CT molecular complexity index is 684. The summed E-state index contributed by atoms with van der Waals surface area (Å²) in [6, 6.07) is 4.21. The number of imidazole rings is 1. The molecule has 2 aromatic rings. The molecule has 21 heavy (non-hydrogen) atoms. The van der Waals surface area contributed by atoms with Gasteiger partial charge in [0, 0.05) is 17.5 Å². The first-order chi connectivity index (χ1) is 9.75. The maximum absolute atomic E-state index is 13.2. The average Bonchev–Trinajstić information content (AvgIpc) is 2.68. The Morgan fingerprint density at radius 1 is 1.43 bits per heavy atom. The van der Waals surface area contributed by atoms with E-state index < -0.39 is 0 Å². The van der Waals surface area contributed by atoms with Crippen LogP contribution in [0.15, 0.2) is 30.9 Å². The van der Waals surface area contributed by atoms with Crippen LogP contribution in [0.3, 0.4) is 0 Å². The van der Waals surface area contributed by atoms with Crippen LogP contribution in [0, 0.1) is 5.82 Å². The lowest BCUT2D eigenvalue weighted by atomic mass is 9.95. The molecule has 0 aliphatic heterocycles. The van der Waals surface area contributed by atoms with Crippen molar-refractivity contribution in [3.8, 4) is 11.3 Å². The number of hydrogen-bond acceptors (Lipinski definition) is 2. The maximum atomic E-state index is 13.2. The zero-order chi connectivity index (χ0) is 15.8. The molecule has 1 aromatic carbocycles. The van der Waals surface area contributed by atoms with Gasteiger partial charge in [0.2, 0.25) is 0 Å². The van der Waals surface area contributed by atoms with Gasteiger partial charge in [-0.2, -0.15) is 0 Å².